The molecule has 2 nitrogen and oxygen atoms in total. The summed E-state index contributed by atoms with van der Waals surface area (Å²) in [6.07, 6.45) is 6.57. The smallest absolute Gasteiger partial charge is 0.170 e. The minimum Gasteiger partial charge on any atom is -0.356 e. The number of hydrogen-bond acceptors (Lipinski definition) is 2. The van der Waals surface area contributed by atoms with Crippen molar-refractivity contribution in [3.8, 4) is 11.3 Å². The molecule has 1 heterocycles. The minimum absolute atomic E-state index is 0.812. The Hall–Kier alpha value is -1.09. The first-order valence-corrected chi connectivity index (χ1v) is 7.74. The number of aryl methyl sites for hydroxylation is 1. The summed E-state index contributed by atoms with van der Waals surface area (Å²) in [6, 6.07) is 8.27. The molecule has 19 heavy (non-hydrogen) atoms. The second-order valence-corrected chi connectivity index (χ2v) is 6.35. The summed E-state index contributed by atoms with van der Waals surface area (Å²) in [5, 5.41) is 4.17. The second-order valence-electron chi connectivity index (χ2n) is 5.44. The van der Waals surface area contributed by atoms with Gasteiger partial charge < -0.3 is 4.52 Å². The number of halogens is 1. The molecular weight excluding hydrogens is 302 g/mol. The van der Waals surface area contributed by atoms with Crippen LogP contribution >= 0.6 is 15.9 Å². The largest absolute Gasteiger partial charge is 0.356 e. The van der Waals surface area contributed by atoms with Crippen molar-refractivity contribution in [2.45, 2.75) is 39.0 Å². The molecule has 100 valence electrons. The van der Waals surface area contributed by atoms with Crippen molar-refractivity contribution in [3.05, 3.63) is 40.0 Å². The molecule has 0 aliphatic heterocycles. The van der Waals surface area contributed by atoms with Gasteiger partial charge in [0.2, 0.25) is 0 Å². The molecular formula is C16H18BrNO. The molecule has 3 heteroatoms. The van der Waals surface area contributed by atoms with E-state index in [1.165, 1.54) is 31.2 Å². The first-order chi connectivity index (χ1) is 9.24. The lowest BCUT2D eigenvalue weighted by Gasteiger charge is -2.09. The highest BCUT2D eigenvalue weighted by Crippen LogP contribution is 2.34. The number of hydrogen-bond donors (Lipinski definition) is 0. The zero-order chi connectivity index (χ0) is 13.2. The molecule has 0 atom stereocenters. The van der Waals surface area contributed by atoms with Crippen molar-refractivity contribution < 1.29 is 4.52 Å². The van der Waals surface area contributed by atoms with Gasteiger partial charge in [-0.15, -0.1) is 0 Å². The molecule has 0 spiro atoms. The van der Waals surface area contributed by atoms with Gasteiger partial charge in [-0.3, -0.25) is 0 Å². The van der Waals surface area contributed by atoms with Crippen molar-refractivity contribution >= 4 is 15.9 Å². The highest BCUT2D eigenvalue weighted by Gasteiger charge is 2.21. The van der Waals surface area contributed by atoms with E-state index in [-0.39, 0.29) is 0 Å². The van der Waals surface area contributed by atoms with Gasteiger partial charge in [0.1, 0.15) is 0 Å². The Kier molecular flexibility index (Phi) is 3.74. The van der Waals surface area contributed by atoms with Gasteiger partial charge in [-0.25, -0.2) is 0 Å². The Morgan fingerprint density at radius 2 is 1.89 bits per heavy atom. The molecule has 1 aromatic carbocycles. The fourth-order valence-corrected chi connectivity index (χ4v) is 3.22. The monoisotopic (exact) mass is 319 g/mol. The third kappa shape index (κ3) is 2.76. The fourth-order valence-electron chi connectivity index (χ4n) is 2.96. The summed E-state index contributed by atoms with van der Waals surface area (Å²) in [6.45, 7) is 2.05. The summed E-state index contributed by atoms with van der Waals surface area (Å²) >= 11 is 3.47. The molecule has 0 radical (unpaired) electrons. The lowest BCUT2D eigenvalue weighted by Crippen LogP contribution is -2.00. The number of benzene rings is 1. The van der Waals surface area contributed by atoms with E-state index in [0.29, 0.717) is 0 Å². The van der Waals surface area contributed by atoms with Gasteiger partial charge >= 0.3 is 0 Å². The van der Waals surface area contributed by atoms with E-state index < -0.39 is 0 Å². The highest BCUT2D eigenvalue weighted by atomic mass is 79.9. The van der Waals surface area contributed by atoms with Crippen LogP contribution in [0.15, 0.2) is 33.3 Å². The standard InChI is InChI=1S/C16H18BrNO/c1-11-15(10-12-4-2-3-5-12)16(19-18-11)13-6-8-14(17)9-7-13/h6-9,12H,2-5,10H2,1H3. The summed E-state index contributed by atoms with van der Waals surface area (Å²) in [5.74, 6) is 1.77. The Morgan fingerprint density at radius 3 is 2.58 bits per heavy atom. The van der Waals surface area contributed by atoms with Crippen molar-refractivity contribution in [2.24, 2.45) is 5.92 Å². The fraction of sp³-hybridized carbons (Fsp3) is 0.438. The number of aromatic nitrogens is 1. The predicted molar refractivity (Wildman–Crippen MR) is 80.0 cm³/mol. The molecule has 1 aliphatic rings. The highest BCUT2D eigenvalue weighted by molar-refractivity contribution is 9.10. The molecule has 0 bridgehead atoms. The van der Waals surface area contributed by atoms with Crippen LogP contribution in [0.5, 0.6) is 0 Å². The van der Waals surface area contributed by atoms with Gasteiger partial charge in [0, 0.05) is 15.6 Å². The Balaban J connectivity index is 1.91. The third-order valence-corrected chi connectivity index (χ3v) is 4.59. The van der Waals surface area contributed by atoms with E-state index >= 15 is 0 Å². The quantitative estimate of drug-likeness (QED) is 0.782. The van der Waals surface area contributed by atoms with Crippen molar-refractivity contribution in [3.63, 3.8) is 0 Å². The van der Waals surface area contributed by atoms with Gasteiger partial charge in [0.15, 0.2) is 5.76 Å². The molecule has 3 rings (SSSR count). The van der Waals surface area contributed by atoms with Crippen LogP contribution in [0.4, 0.5) is 0 Å². The van der Waals surface area contributed by atoms with Crippen LogP contribution in [0, 0.1) is 12.8 Å². The van der Waals surface area contributed by atoms with Crippen molar-refractivity contribution in [1.29, 1.82) is 0 Å². The Bertz CT molecular complexity index is 553. The summed E-state index contributed by atoms with van der Waals surface area (Å²) in [4.78, 5) is 0. The molecule has 0 N–H and O–H groups in total. The summed E-state index contributed by atoms with van der Waals surface area (Å²) in [7, 11) is 0. The summed E-state index contributed by atoms with van der Waals surface area (Å²) in [5.41, 5.74) is 3.47. The molecule has 0 amide bonds. The number of nitrogens with zero attached hydrogens (tertiary/aromatic N) is 1. The van der Waals surface area contributed by atoms with Gasteiger partial charge in [-0.2, -0.15) is 0 Å². The van der Waals surface area contributed by atoms with Crippen LogP contribution in [-0.2, 0) is 6.42 Å². The Morgan fingerprint density at radius 1 is 1.21 bits per heavy atom. The van der Waals surface area contributed by atoms with Gasteiger partial charge in [0.05, 0.1) is 5.69 Å². The molecule has 1 saturated carbocycles. The molecule has 0 saturated heterocycles. The lowest BCUT2D eigenvalue weighted by atomic mass is 9.95. The van der Waals surface area contributed by atoms with Crippen LogP contribution < -0.4 is 0 Å². The normalized spacial score (nSPS) is 16.1. The maximum absolute atomic E-state index is 5.57. The van der Waals surface area contributed by atoms with Gasteiger partial charge in [-0.1, -0.05) is 58.9 Å². The van der Waals surface area contributed by atoms with Crippen LogP contribution in [0.25, 0.3) is 11.3 Å². The van der Waals surface area contributed by atoms with E-state index in [0.717, 1.165) is 33.8 Å². The topological polar surface area (TPSA) is 26.0 Å². The van der Waals surface area contributed by atoms with Crippen LogP contribution in [-0.4, -0.2) is 5.16 Å². The van der Waals surface area contributed by atoms with E-state index in [9.17, 15) is 0 Å². The van der Waals surface area contributed by atoms with Gasteiger partial charge in [-0.05, 0) is 31.4 Å². The maximum Gasteiger partial charge on any atom is 0.170 e. The van der Waals surface area contributed by atoms with Crippen molar-refractivity contribution in [1.82, 2.24) is 5.16 Å². The van der Waals surface area contributed by atoms with Crippen LogP contribution in [0.3, 0.4) is 0 Å². The third-order valence-electron chi connectivity index (χ3n) is 4.06. The molecule has 1 fully saturated rings. The van der Waals surface area contributed by atoms with E-state index in [1.807, 2.05) is 12.1 Å². The zero-order valence-electron chi connectivity index (χ0n) is 11.2. The van der Waals surface area contributed by atoms with E-state index in [4.69, 9.17) is 4.52 Å². The zero-order valence-corrected chi connectivity index (χ0v) is 12.7. The average molecular weight is 320 g/mol. The molecule has 2 aromatic rings. The van der Waals surface area contributed by atoms with Crippen molar-refractivity contribution in [2.75, 3.05) is 0 Å². The maximum atomic E-state index is 5.57. The van der Waals surface area contributed by atoms with Crippen LogP contribution in [0.1, 0.15) is 36.9 Å². The predicted octanol–water partition coefficient (Wildman–Crippen LogP) is 5.15. The molecule has 1 aromatic heterocycles. The molecule has 0 unspecified atom stereocenters. The molecule has 1 aliphatic carbocycles. The lowest BCUT2D eigenvalue weighted by molar-refractivity contribution is 0.426. The first-order valence-electron chi connectivity index (χ1n) is 6.95. The average Bonchev–Trinajstić information content (AvgIpc) is 3.03. The minimum atomic E-state index is 0.812. The Labute approximate surface area is 122 Å². The van der Waals surface area contributed by atoms with E-state index in [2.05, 4.69) is 40.1 Å². The SMILES string of the molecule is Cc1noc(-c2ccc(Br)cc2)c1CC1CCCC1. The number of rotatable bonds is 3. The first kappa shape index (κ1) is 12.9. The second kappa shape index (κ2) is 5.49. The van der Waals surface area contributed by atoms with Crippen LogP contribution in [0.2, 0.25) is 0 Å². The van der Waals surface area contributed by atoms with Gasteiger partial charge in [0.25, 0.3) is 0 Å². The summed E-state index contributed by atoms with van der Waals surface area (Å²) < 4.78 is 6.65. The van der Waals surface area contributed by atoms with E-state index in [1.54, 1.807) is 0 Å².